The van der Waals surface area contributed by atoms with Gasteiger partial charge in [-0.25, -0.2) is 0 Å². The predicted octanol–water partition coefficient (Wildman–Crippen LogP) is 4.06. The number of rotatable bonds is 6. The zero-order valence-electron chi connectivity index (χ0n) is 14.4. The van der Waals surface area contributed by atoms with Crippen LogP contribution >= 0.6 is 11.6 Å². The molecule has 130 valence electrons. The van der Waals surface area contributed by atoms with Gasteiger partial charge in [-0.2, -0.15) is 4.68 Å². The average Bonchev–Trinajstić information content (AvgIpc) is 3.14. The standard InChI is InChI=1S/C18H20ClN5O/c1-4-18(2,20-14-7-5-13(19)6-8-14)17-21-22-23-24(17)15-9-11-16(25-3)12-10-15/h5-12,20H,4H2,1-3H3. The molecule has 0 saturated carbocycles. The van der Waals surface area contributed by atoms with Gasteiger partial charge in [0.2, 0.25) is 0 Å². The molecule has 7 heteroatoms. The highest BCUT2D eigenvalue weighted by Crippen LogP contribution is 2.29. The second kappa shape index (κ2) is 7.11. The molecule has 0 aliphatic carbocycles. The van der Waals surface area contributed by atoms with Crippen LogP contribution in [-0.2, 0) is 5.54 Å². The number of hydrogen-bond acceptors (Lipinski definition) is 5. The molecular weight excluding hydrogens is 338 g/mol. The molecule has 0 amide bonds. The van der Waals surface area contributed by atoms with Crippen LogP contribution in [0.25, 0.3) is 5.69 Å². The number of hydrogen-bond donors (Lipinski definition) is 1. The van der Waals surface area contributed by atoms with E-state index in [0.717, 1.165) is 29.4 Å². The molecule has 0 fully saturated rings. The van der Waals surface area contributed by atoms with E-state index < -0.39 is 5.54 Å². The first-order valence-corrected chi connectivity index (χ1v) is 8.40. The summed E-state index contributed by atoms with van der Waals surface area (Å²) in [6.07, 6.45) is 0.798. The lowest BCUT2D eigenvalue weighted by molar-refractivity contribution is 0.414. The molecule has 6 nitrogen and oxygen atoms in total. The minimum Gasteiger partial charge on any atom is -0.497 e. The zero-order chi connectivity index (χ0) is 17.9. The molecule has 0 radical (unpaired) electrons. The molecule has 0 aliphatic rings. The van der Waals surface area contributed by atoms with Crippen molar-refractivity contribution in [3.8, 4) is 11.4 Å². The van der Waals surface area contributed by atoms with Gasteiger partial charge >= 0.3 is 0 Å². The lowest BCUT2D eigenvalue weighted by Gasteiger charge is -2.29. The number of halogens is 1. The van der Waals surface area contributed by atoms with E-state index in [1.165, 1.54) is 0 Å². The van der Waals surface area contributed by atoms with Crippen molar-refractivity contribution in [3.05, 3.63) is 59.4 Å². The van der Waals surface area contributed by atoms with Crippen molar-refractivity contribution in [2.24, 2.45) is 0 Å². The Hall–Kier alpha value is -2.60. The van der Waals surface area contributed by atoms with E-state index in [9.17, 15) is 0 Å². The van der Waals surface area contributed by atoms with Crippen LogP contribution < -0.4 is 10.1 Å². The Morgan fingerprint density at radius 1 is 1.12 bits per heavy atom. The molecule has 1 heterocycles. The largest absolute Gasteiger partial charge is 0.497 e. The Balaban J connectivity index is 1.95. The fraction of sp³-hybridized carbons (Fsp3) is 0.278. The van der Waals surface area contributed by atoms with Crippen molar-refractivity contribution in [1.29, 1.82) is 0 Å². The van der Waals surface area contributed by atoms with Crippen molar-refractivity contribution >= 4 is 17.3 Å². The lowest BCUT2D eigenvalue weighted by Crippen LogP contribution is -2.34. The number of tetrazole rings is 1. The van der Waals surface area contributed by atoms with Crippen molar-refractivity contribution in [2.45, 2.75) is 25.8 Å². The monoisotopic (exact) mass is 357 g/mol. The third-order valence-electron chi connectivity index (χ3n) is 4.25. The lowest BCUT2D eigenvalue weighted by atomic mass is 9.97. The highest BCUT2D eigenvalue weighted by Gasteiger charge is 2.31. The van der Waals surface area contributed by atoms with E-state index in [2.05, 4.69) is 34.7 Å². The summed E-state index contributed by atoms with van der Waals surface area (Å²) < 4.78 is 6.95. The van der Waals surface area contributed by atoms with Gasteiger partial charge in [-0.15, -0.1) is 5.10 Å². The molecule has 2 aromatic carbocycles. The zero-order valence-corrected chi connectivity index (χ0v) is 15.2. The second-order valence-corrected chi connectivity index (χ2v) is 6.37. The third kappa shape index (κ3) is 3.58. The Morgan fingerprint density at radius 3 is 2.40 bits per heavy atom. The van der Waals surface area contributed by atoms with Crippen LogP contribution in [0.5, 0.6) is 5.75 Å². The second-order valence-electron chi connectivity index (χ2n) is 5.93. The van der Waals surface area contributed by atoms with E-state index in [1.54, 1.807) is 11.8 Å². The molecule has 0 saturated heterocycles. The van der Waals surface area contributed by atoms with Crippen molar-refractivity contribution in [3.63, 3.8) is 0 Å². The third-order valence-corrected chi connectivity index (χ3v) is 4.50. The van der Waals surface area contributed by atoms with Gasteiger partial charge in [-0.3, -0.25) is 0 Å². The van der Waals surface area contributed by atoms with E-state index in [4.69, 9.17) is 16.3 Å². The van der Waals surface area contributed by atoms with Crippen LogP contribution in [-0.4, -0.2) is 27.3 Å². The number of aromatic nitrogens is 4. The van der Waals surface area contributed by atoms with Crippen LogP contribution in [0, 0.1) is 0 Å². The van der Waals surface area contributed by atoms with Gasteiger partial charge in [0.05, 0.1) is 18.3 Å². The summed E-state index contributed by atoms with van der Waals surface area (Å²) in [7, 11) is 1.64. The van der Waals surface area contributed by atoms with Gasteiger partial charge in [0.25, 0.3) is 0 Å². The van der Waals surface area contributed by atoms with Gasteiger partial charge in [0, 0.05) is 10.7 Å². The number of nitrogens with zero attached hydrogens (tertiary/aromatic N) is 4. The quantitative estimate of drug-likeness (QED) is 0.720. The van der Waals surface area contributed by atoms with Crippen molar-refractivity contribution in [2.75, 3.05) is 12.4 Å². The maximum atomic E-state index is 5.97. The minimum absolute atomic E-state index is 0.447. The fourth-order valence-corrected chi connectivity index (χ4v) is 2.71. The van der Waals surface area contributed by atoms with Crippen molar-refractivity contribution in [1.82, 2.24) is 20.2 Å². The molecule has 25 heavy (non-hydrogen) atoms. The Kier molecular flexibility index (Phi) is 4.90. The van der Waals surface area contributed by atoms with Crippen LogP contribution in [0.2, 0.25) is 5.02 Å². The Labute approximate surface area is 151 Å². The molecule has 0 bridgehead atoms. The smallest absolute Gasteiger partial charge is 0.181 e. The van der Waals surface area contributed by atoms with Crippen LogP contribution in [0.3, 0.4) is 0 Å². The number of methoxy groups -OCH3 is 1. The summed E-state index contributed by atoms with van der Waals surface area (Å²) >= 11 is 5.97. The number of benzene rings is 2. The van der Waals surface area contributed by atoms with Crippen LogP contribution in [0.1, 0.15) is 26.1 Å². The first-order valence-electron chi connectivity index (χ1n) is 8.03. The molecule has 1 N–H and O–H groups in total. The van der Waals surface area contributed by atoms with E-state index in [-0.39, 0.29) is 0 Å². The first kappa shape index (κ1) is 17.2. The number of ether oxygens (including phenoxy) is 1. The van der Waals surface area contributed by atoms with Gasteiger partial charge in [-0.05, 0) is 72.3 Å². The van der Waals surface area contributed by atoms with Gasteiger partial charge in [-0.1, -0.05) is 18.5 Å². The molecule has 3 aromatic rings. The number of anilines is 1. The van der Waals surface area contributed by atoms with Crippen LogP contribution in [0.4, 0.5) is 5.69 Å². The molecule has 3 rings (SSSR count). The molecule has 1 aromatic heterocycles. The topological polar surface area (TPSA) is 64.9 Å². The van der Waals surface area contributed by atoms with Gasteiger partial charge in [0.15, 0.2) is 5.82 Å². The molecule has 1 unspecified atom stereocenters. The summed E-state index contributed by atoms with van der Waals surface area (Å²) in [5.74, 6) is 1.52. The summed E-state index contributed by atoms with van der Waals surface area (Å²) in [5.41, 5.74) is 1.38. The summed E-state index contributed by atoms with van der Waals surface area (Å²) in [5, 5.41) is 16.5. The first-order chi connectivity index (χ1) is 12.1. The summed E-state index contributed by atoms with van der Waals surface area (Å²) in [6, 6.07) is 15.2. The number of nitrogens with one attached hydrogen (secondary N) is 1. The normalized spacial score (nSPS) is 13.3. The summed E-state index contributed by atoms with van der Waals surface area (Å²) in [4.78, 5) is 0. The van der Waals surface area contributed by atoms with Crippen molar-refractivity contribution < 1.29 is 4.74 Å². The highest BCUT2D eigenvalue weighted by molar-refractivity contribution is 6.30. The molecule has 0 spiro atoms. The Morgan fingerprint density at radius 2 is 1.80 bits per heavy atom. The van der Waals surface area contributed by atoms with E-state index in [0.29, 0.717) is 5.02 Å². The minimum atomic E-state index is -0.447. The van der Waals surface area contributed by atoms with Gasteiger partial charge < -0.3 is 10.1 Å². The van der Waals surface area contributed by atoms with Crippen LogP contribution in [0.15, 0.2) is 48.5 Å². The maximum absolute atomic E-state index is 5.97. The van der Waals surface area contributed by atoms with E-state index >= 15 is 0 Å². The highest BCUT2D eigenvalue weighted by atomic mass is 35.5. The molecular formula is C18H20ClN5O. The predicted molar refractivity (Wildman–Crippen MR) is 98.4 cm³/mol. The molecule has 1 atom stereocenters. The average molecular weight is 358 g/mol. The Bertz CT molecular complexity index is 831. The van der Waals surface area contributed by atoms with Gasteiger partial charge in [0.1, 0.15) is 5.75 Å². The molecule has 0 aliphatic heterocycles. The SMILES string of the molecule is CCC(C)(Nc1ccc(Cl)cc1)c1nnnn1-c1ccc(OC)cc1. The summed E-state index contributed by atoms with van der Waals surface area (Å²) in [6.45, 7) is 4.17. The van der Waals surface area contributed by atoms with E-state index in [1.807, 2.05) is 48.5 Å². The fourth-order valence-electron chi connectivity index (χ4n) is 2.58. The maximum Gasteiger partial charge on any atom is 0.181 e.